The molecule has 0 aromatic heterocycles. The number of anilines is 1. The highest BCUT2D eigenvalue weighted by Crippen LogP contribution is 2.25. The molecule has 0 amide bonds. The van der Waals surface area contributed by atoms with Crippen LogP contribution in [0.3, 0.4) is 0 Å². The van der Waals surface area contributed by atoms with E-state index in [4.69, 9.17) is 10.00 Å². The van der Waals surface area contributed by atoms with Gasteiger partial charge >= 0.3 is 0 Å². The second-order valence-electron chi connectivity index (χ2n) is 4.06. The smallest absolute Gasteiger partial charge is 0.263 e. The number of hydrogen-bond donors (Lipinski definition) is 1. The number of nitrogens with zero attached hydrogens (tertiary/aromatic N) is 1. The molecule has 0 aliphatic carbocycles. The van der Waals surface area contributed by atoms with Crippen molar-refractivity contribution >= 4 is 15.7 Å². The van der Waals surface area contributed by atoms with Gasteiger partial charge in [0.2, 0.25) is 0 Å². The Balaban J connectivity index is 2.45. The van der Waals surface area contributed by atoms with E-state index in [0.29, 0.717) is 5.75 Å². The molecule has 0 aliphatic heterocycles. The molecule has 0 spiro atoms. The molecule has 1 N–H and O–H groups in total. The molecule has 0 radical (unpaired) electrons. The first-order chi connectivity index (χ1) is 9.97. The lowest BCUT2D eigenvalue weighted by molar-refractivity contribution is 0.414. The summed E-state index contributed by atoms with van der Waals surface area (Å²) in [6.07, 6.45) is 0. The molecular weight excluding hydrogens is 295 g/mol. The van der Waals surface area contributed by atoms with Crippen LogP contribution in [-0.2, 0) is 10.0 Å². The van der Waals surface area contributed by atoms with Crippen molar-refractivity contribution in [3.8, 4) is 11.8 Å². The molecule has 5 nitrogen and oxygen atoms in total. The maximum Gasteiger partial charge on any atom is 0.263 e. The molecule has 0 atom stereocenters. The van der Waals surface area contributed by atoms with Crippen molar-refractivity contribution in [2.45, 2.75) is 4.90 Å². The normalized spacial score (nSPS) is 10.7. The van der Waals surface area contributed by atoms with E-state index in [1.807, 2.05) is 0 Å². The molecule has 108 valence electrons. The summed E-state index contributed by atoms with van der Waals surface area (Å²) >= 11 is 0. The second kappa shape index (κ2) is 5.81. The van der Waals surface area contributed by atoms with Crippen LogP contribution in [0.15, 0.2) is 47.4 Å². The van der Waals surface area contributed by atoms with Crippen LogP contribution in [0.25, 0.3) is 0 Å². The van der Waals surface area contributed by atoms with Crippen molar-refractivity contribution in [1.29, 1.82) is 5.26 Å². The molecule has 0 heterocycles. The molecular formula is C14H11FN2O3S. The number of sulfonamides is 1. The van der Waals surface area contributed by atoms with Gasteiger partial charge in [-0.25, -0.2) is 12.8 Å². The molecule has 0 unspecified atom stereocenters. The summed E-state index contributed by atoms with van der Waals surface area (Å²) in [4.78, 5) is -0.213. The Morgan fingerprint density at radius 3 is 2.62 bits per heavy atom. The van der Waals surface area contributed by atoms with Crippen molar-refractivity contribution in [3.05, 3.63) is 53.8 Å². The van der Waals surface area contributed by atoms with Crippen LogP contribution in [-0.4, -0.2) is 15.5 Å². The van der Waals surface area contributed by atoms with E-state index in [0.717, 1.165) is 6.07 Å². The minimum Gasteiger partial charge on any atom is -0.497 e. The van der Waals surface area contributed by atoms with Gasteiger partial charge in [0, 0.05) is 6.07 Å². The number of rotatable bonds is 4. The fourth-order valence-electron chi connectivity index (χ4n) is 1.70. The largest absolute Gasteiger partial charge is 0.497 e. The third-order valence-corrected chi connectivity index (χ3v) is 4.14. The number of nitriles is 1. The molecule has 0 saturated heterocycles. The van der Waals surface area contributed by atoms with Gasteiger partial charge in [-0.3, -0.25) is 4.72 Å². The van der Waals surface area contributed by atoms with Crippen LogP contribution in [0.5, 0.6) is 5.75 Å². The highest BCUT2D eigenvalue weighted by Gasteiger charge is 2.20. The number of halogens is 1. The molecule has 0 fully saturated rings. The van der Waals surface area contributed by atoms with Crippen LogP contribution in [0.2, 0.25) is 0 Å². The molecule has 21 heavy (non-hydrogen) atoms. The lowest BCUT2D eigenvalue weighted by Gasteiger charge is -2.11. The summed E-state index contributed by atoms with van der Waals surface area (Å²) in [5.41, 5.74) is -0.268. The van der Waals surface area contributed by atoms with E-state index in [9.17, 15) is 12.8 Å². The van der Waals surface area contributed by atoms with Crippen molar-refractivity contribution < 1.29 is 17.5 Å². The summed E-state index contributed by atoms with van der Waals surface area (Å²) in [6, 6.07) is 11.1. The fraction of sp³-hybridized carbons (Fsp3) is 0.0714. The van der Waals surface area contributed by atoms with Crippen molar-refractivity contribution in [2.24, 2.45) is 0 Å². The highest BCUT2D eigenvalue weighted by atomic mass is 32.2. The van der Waals surface area contributed by atoms with E-state index >= 15 is 0 Å². The molecule has 2 aromatic rings. The Morgan fingerprint density at radius 2 is 1.95 bits per heavy atom. The average Bonchev–Trinajstić information content (AvgIpc) is 2.49. The summed E-state index contributed by atoms with van der Waals surface area (Å²) < 4.78 is 45.3. The van der Waals surface area contributed by atoms with E-state index in [2.05, 4.69) is 4.72 Å². The van der Waals surface area contributed by atoms with Gasteiger partial charge < -0.3 is 4.74 Å². The van der Waals surface area contributed by atoms with Gasteiger partial charge in [-0.15, -0.1) is 0 Å². The van der Waals surface area contributed by atoms with Gasteiger partial charge in [-0.2, -0.15) is 5.26 Å². The first-order valence-electron chi connectivity index (χ1n) is 5.83. The third-order valence-electron chi connectivity index (χ3n) is 2.71. The zero-order valence-corrected chi connectivity index (χ0v) is 11.8. The Hall–Kier alpha value is -2.59. The number of hydrogen-bond acceptors (Lipinski definition) is 4. The number of ether oxygens (including phenoxy) is 1. The van der Waals surface area contributed by atoms with E-state index in [1.54, 1.807) is 12.1 Å². The first kappa shape index (κ1) is 14.8. The molecule has 0 bridgehead atoms. The maximum absolute atomic E-state index is 13.7. The maximum atomic E-state index is 13.7. The highest BCUT2D eigenvalue weighted by molar-refractivity contribution is 7.92. The fourth-order valence-corrected chi connectivity index (χ4v) is 2.92. The van der Waals surface area contributed by atoms with Gasteiger partial charge in [0.25, 0.3) is 10.0 Å². The zero-order chi connectivity index (χ0) is 15.5. The Labute approximate surface area is 121 Å². The monoisotopic (exact) mass is 306 g/mol. The first-order valence-corrected chi connectivity index (χ1v) is 7.32. The lowest BCUT2D eigenvalue weighted by atomic mass is 10.2. The molecule has 0 saturated carbocycles. The topological polar surface area (TPSA) is 79.2 Å². The van der Waals surface area contributed by atoms with E-state index in [1.165, 1.54) is 37.4 Å². The Bertz CT molecular complexity index is 813. The quantitative estimate of drug-likeness (QED) is 0.941. The summed E-state index contributed by atoms with van der Waals surface area (Å²) in [6.45, 7) is 0. The zero-order valence-electron chi connectivity index (χ0n) is 11.0. The summed E-state index contributed by atoms with van der Waals surface area (Å²) in [5.74, 6) is -0.434. The van der Waals surface area contributed by atoms with Crippen molar-refractivity contribution in [2.75, 3.05) is 11.8 Å². The molecule has 0 aliphatic rings. The van der Waals surface area contributed by atoms with Crippen LogP contribution in [0, 0.1) is 17.1 Å². The van der Waals surface area contributed by atoms with Gasteiger partial charge in [0.1, 0.15) is 22.5 Å². The minimum absolute atomic E-state index is 0.0201. The van der Waals surface area contributed by atoms with Crippen LogP contribution >= 0.6 is 0 Å². The van der Waals surface area contributed by atoms with Crippen LogP contribution < -0.4 is 9.46 Å². The van der Waals surface area contributed by atoms with Crippen molar-refractivity contribution in [3.63, 3.8) is 0 Å². The van der Waals surface area contributed by atoms with Crippen LogP contribution in [0.1, 0.15) is 5.56 Å². The van der Waals surface area contributed by atoms with Gasteiger partial charge in [-0.1, -0.05) is 12.1 Å². The minimum atomic E-state index is -4.07. The second-order valence-corrected chi connectivity index (χ2v) is 5.71. The Morgan fingerprint density at radius 1 is 1.24 bits per heavy atom. The van der Waals surface area contributed by atoms with Gasteiger partial charge in [0.05, 0.1) is 18.4 Å². The number of nitrogens with one attached hydrogen (secondary N) is 1. The van der Waals surface area contributed by atoms with E-state index < -0.39 is 15.8 Å². The third kappa shape index (κ3) is 3.12. The molecule has 2 aromatic carbocycles. The van der Waals surface area contributed by atoms with Gasteiger partial charge in [-0.05, 0) is 24.3 Å². The standard InChI is InChI=1S/C14H11FN2O3S/c1-20-11-6-7-12(15)13(8-11)17-21(18,19)14-5-3-2-4-10(14)9-16/h2-8,17H,1H3. The summed E-state index contributed by atoms with van der Waals surface area (Å²) in [5, 5.41) is 8.95. The molecule has 7 heteroatoms. The van der Waals surface area contributed by atoms with Crippen LogP contribution in [0.4, 0.5) is 10.1 Å². The number of benzene rings is 2. The van der Waals surface area contributed by atoms with E-state index in [-0.39, 0.29) is 16.1 Å². The average molecular weight is 306 g/mol. The van der Waals surface area contributed by atoms with Crippen molar-refractivity contribution in [1.82, 2.24) is 0 Å². The summed E-state index contributed by atoms with van der Waals surface area (Å²) in [7, 11) is -2.69. The number of methoxy groups -OCH3 is 1. The molecule has 2 rings (SSSR count). The predicted octanol–water partition coefficient (Wildman–Crippen LogP) is 2.51. The van der Waals surface area contributed by atoms with Gasteiger partial charge in [0.15, 0.2) is 0 Å². The Kier molecular flexibility index (Phi) is 4.10. The SMILES string of the molecule is COc1ccc(F)c(NS(=O)(=O)c2ccccc2C#N)c1. The lowest BCUT2D eigenvalue weighted by Crippen LogP contribution is -2.15. The predicted molar refractivity (Wildman–Crippen MR) is 74.9 cm³/mol.